The zero-order chi connectivity index (χ0) is 14.4. The average molecular weight is 268 g/mol. The largest absolute Gasteiger partial charge is 0.351 e. The van der Waals surface area contributed by atoms with Gasteiger partial charge in [0.15, 0.2) is 0 Å². The lowest BCUT2D eigenvalue weighted by molar-refractivity contribution is 0.0954. The molecular weight excluding hydrogens is 252 g/mol. The summed E-state index contributed by atoms with van der Waals surface area (Å²) in [4.78, 5) is 22.7. The second kappa shape index (κ2) is 6.63. The Hall–Kier alpha value is -2.46. The van der Waals surface area contributed by atoms with E-state index in [0.29, 0.717) is 24.2 Å². The molecule has 4 heteroatoms. The SMILES string of the molecule is NCCNC(=O)c1cccc(-c2cccc(C=O)c2)c1. The highest BCUT2D eigenvalue weighted by Crippen LogP contribution is 2.21. The van der Waals surface area contributed by atoms with E-state index in [1.807, 2.05) is 24.3 Å². The predicted molar refractivity (Wildman–Crippen MR) is 78.7 cm³/mol. The lowest BCUT2D eigenvalue weighted by Gasteiger charge is -2.07. The number of rotatable bonds is 5. The Bertz CT molecular complexity index is 623. The molecule has 0 aliphatic heterocycles. The van der Waals surface area contributed by atoms with Gasteiger partial charge in [-0.25, -0.2) is 0 Å². The van der Waals surface area contributed by atoms with Gasteiger partial charge in [-0.3, -0.25) is 9.59 Å². The van der Waals surface area contributed by atoms with E-state index in [2.05, 4.69) is 5.32 Å². The minimum atomic E-state index is -0.149. The van der Waals surface area contributed by atoms with Crippen LogP contribution in [0.4, 0.5) is 0 Å². The summed E-state index contributed by atoms with van der Waals surface area (Å²) in [5.74, 6) is -0.149. The van der Waals surface area contributed by atoms with Crippen LogP contribution in [0, 0.1) is 0 Å². The summed E-state index contributed by atoms with van der Waals surface area (Å²) in [6.45, 7) is 0.858. The lowest BCUT2D eigenvalue weighted by Crippen LogP contribution is -2.28. The first-order chi connectivity index (χ1) is 9.74. The maximum absolute atomic E-state index is 11.9. The third kappa shape index (κ3) is 3.30. The van der Waals surface area contributed by atoms with E-state index in [0.717, 1.165) is 17.4 Å². The Labute approximate surface area is 117 Å². The molecule has 2 aromatic rings. The number of carbonyl (C=O) groups is 2. The first-order valence-electron chi connectivity index (χ1n) is 6.38. The van der Waals surface area contributed by atoms with Crippen molar-refractivity contribution >= 4 is 12.2 Å². The van der Waals surface area contributed by atoms with E-state index in [4.69, 9.17) is 5.73 Å². The minimum Gasteiger partial charge on any atom is -0.351 e. The van der Waals surface area contributed by atoms with Crippen LogP contribution in [0.25, 0.3) is 11.1 Å². The monoisotopic (exact) mass is 268 g/mol. The number of carbonyl (C=O) groups excluding carboxylic acids is 2. The normalized spacial score (nSPS) is 10.1. The average Bonchev–Trinajstić information content (AvgIpc) is 2.52. The Balaban J connectivity index is 2.29. The Morgan fingerprint density at radius 2 is 1.80 bits per heavy atom. The molecule has 0 radical (unpaired) electrons. The second-order valence-corrected chi connectivity index (χ2v) is 4.37. The third-order valence-corrected chi connectivity index (χ3v) is 2.91. The molecule has 0 spiro atoms. The maximum Gasteiger partial charge on any atom is 0.251 e. The molecular formula is C16H16N2O2. The molecule has 0 saturated carbocycles. The van der Waals surface area contributed by atoms with Crippen LogP contribution in [0.5, 0.6) is 0 Å². The molecule has 4 nitrogen and oxygen atoms in total. The number of benzene rings is 2. The molecule has 0 heterocycles. The highest BCUT2D eigenvalue weighted by molar-refractivity contribution is 5.95. The molecule has 0 aromatic heterocycles. The van der Waals surface area contributed by atoms with Crippen LogP contribution < -0.4 is 11.1 Å². The van der Waals surface area contributed by atoms with Crippen molar-refractivity contribution in [2.75, 3.05) is 13.1 Å². The molecule has 0 saturated heterocycles. The smallest absolute Gasteiger partial charge is 0.251 e. The van der Waals surface area contributed by atoms with Crippen LogP contribution in [0.1, 0.15) is 20.7 Å². The summed E-state index contributed by atoms with van der Waals surface area (Å²) in [5.41, 5.74) is 8.35. The van der Waals surface area contributed by atoms with E-state index in [1.54, 1.807) is 24.3 Å². The first kappa shape index (κ1) is 14.0. The van der Waals surface area contributed by atoms with Crippen molar-refractivity contribution in [3.63, 3.8) is 0 Å². The highest BCUT2D eigenvalue weighted by Gasteiger charge is 2.06. The zero-order valence-electron chi connectivity index (χ0n) is 11.0. The Morgan fingerprint density at radius 3 is 2.50 bits per heavy atom. The molecule has 3 N–H and O–H groups in total. The first-order valence-corrected chi connectivity index (χ1v) is 6.38. The topological polar surface area (TPSA) is 72.2 Å². The lowest BCUT2D eigenvalue weighted by atomic mass is 10.0. The van der Waals surface area contributed by atoms with Crippen LogP contribution >= 0.6 is 0 Å². The molecule has 0 aliphatic carbocycles. The predicted octanol–water partition coefficient (Wildman–Crippen LogP) is 1.85. The van der Waals surface area contributed by atoms with Crippen molar-refractivity contribution in [1.82, 2.24) is 5.32 Å². The van der Waals surface area contributed by atoms with Crippen LogP contribution in [0.15, 0.2) is 48.5 Å². The number of nitrogens with two attached hydrogens (primary N) is 1. The van der Waals surface area contributed by atoms with Crippen molar-refractivity contribution in [2.24, 2.45) is 5.73 Å². The molecule has 2 aromatic carbocycles. The molecule has 1 amide bonds. The van der Waals surface area contributed by atoms with Gasteiger partial charge in [-0.05, 0) is 29.3 Å². The number of aldehydes is 1. The fourth-order valence-electron chi connectivity index (χ4n) is 1.92. The maximum atomic E-state index is 11.9. The zero-order valence-corrected chi connectivity index (χ0v) is 11.0. The fourth-order valence-corrected chi connectivity index (χ4v) is 1.92. The number of hydrogen-bond acceptors (Lipinski definition) is 3. The molecule has 2 rings (SSSR count). The van der Waals surface area contributed by atoms with Gasteiger partial charge < -0.3 is 11.1 Å². The van der Waals surface area contributed by atoms with Gasteiger partial charge in [0.2, 0.25) is 0 Å². The second-order valence-electron chi connectivity index (χ2n) is 4.37. The molecule has 0 bridgehead atoms. The number of nitrogens with one attached hydrogen (secondary N) is 1. The summed E-state index contributed by atoms with van der Waals surface area (Å²) in [7, 11) is 0. The standard InChI is InChI=1S/C16H16N2O2/c17-7-8-18-16(20)15-6-2-5-14(10-15)13-4-1-3-12(9-13)11-19/h1-6,9-11H,7-8,17H2,(H,18,20). The molecule has 0 unspecified atom stereocenters. The van der Waals surface area contributed by atoms with E-state index in [1.165, 1.54) is 0 Å². The quantitative estimate of drug-likeness (QED) is 0.813. The van der Waals surface area contributed by atoms with Crippen LogP contribution in [-0.2, 0) is 0 Å². The van der Waals surface area contributed by atoms with Crippen molar-refractivity contribution in [3.8, 4) is 11.1 Å². The van der Waals surface area contributed by atoms with Crippen LogP contribution in [0.2, 0.25) is 0 Å². The van der Waals surface area contributed by atoms with Crippen molar-refractivity contribution in [1.29, 1.82) is 0 Å². The number of amides is 1. The van der Waals surface area contributed by atoms with Gasteiger partial charge in [0.05, 0.1) is 0 Å². The molecule has 20 heavy (non-hydrogen) atoms. The summed E-state index contributed by atoms with van der Waals surface area (Å²) < 4.78 is 0. The van der Waals surface area contributed by atoms with Gasteiger partial charge in [0.1, 0.15) is 6.29 Å². The van der Waals surface area contributed by atoms with Crippen LogP contribution in [0.3, 0.4) is 0 Å². The van der Waals surface area contributed by atoms with E-state index < -0.39 is 0 Å². The van der Waals surface area contributed by atoms with Gasteiger partial charge in [0, 0.05) is 24.2 Å². The molecule has 0 aliphatic rings. The van der Waals surface area contributed by atoms with Gasteiger partial charge in [-0.1, -0.05) is 30.3 Å². The van der Waals surface area contributed by atoms with Gasteiger partial charge in [0.25, 0.3) is 5.91 Å². The highest BCUT2D eigenvalue weighted by atomic mass is 16.1. The Kier molecular flexibility index (Phi) is 4.63. The van der Waals surface area contributed by atoms with Crippen molar-refractivity contribution < 1.29 is 9.59 Å². The minimum absolute atomic E-state index is 0.149. The summed E-state index contributed by atoms with van der Waals surface area (Å²) >= 11 is 0. The van der Waals surface area contributed by atoms with Gasteiger partial charge in [-0.2, -0.15) is 0 Å². The molecule has 0 atom stereocenters. The molecule has 0 fully saturated rings. The molecule has 102 valence electrons. The fraction of sp³-hybridized carbons (Fsp3) is 0.125. The van der Waals surface area contributed by atoms with Gasteiger partial charge in [-0.15, -0.1) is 0 Å². The van der Waals surface area contributed by atoms with Crippen LogP contribution in [-0.4, -0.2) is 25.3 Å². The summed E-state index contributed by atoms with van der Waals surface area (Å²) in [6.07, 6.45) is 0.807. The van der Waals surface area contributed by atoms with E-state index in [9.17, 15) is 9.59 Å². The summed E-state index contributed by atoms with van der Waals surface area (Å²) in [6, 6.07) is 14.5. The van der Waals surface area contributed by atoms with Gasteiger partial charge >= 0.3 is 0 Å². The van der Waals surface area contributed by atoms with Crippen molar-refractivity contribution in [2.45, 2.75) is 0 Å². The summed E-state index contributed by atoms with van der Waals surface area (Å²) in [5, 5.41) is 2.73. The number of hydrogen-bond donors (Lipinski definition) is 2. The Morgan fingerprint density at radius 1 is 1.10 bits per heavy atom. The van der Waals surface area contributed by atoms with E-state index in [-0.39, 0.29) is 5.91 Å². The van der Waals surface area contributed by atoms with E-state index >= 15 is 0 Å². The van der Waals surface area contributed by atoms with Crippen molar-refractivity contribution in [3.05, 3.63) is 59.7 Å². The third-order valence-electron chi connectivity index (χ3n) is 2.91.